The summed E-state index contributed by atoms with van der Waals surface area (Å²) in [5.41, 5.74) is 1.90. The third-order valence-electron chi connectivity index (χ3n) is 4.68. The zero-order chi connectivity index (χ0) is 16.0. The van der Waals surface area contributed by atoms with Crippen molar-refractivity contribution in [1.82, 2.24) is 14.3 Å². The number of hydrogen-bond donors (Lipinski definition) is 0. The number of nitrogens with zero attached hydrogens (tertiary/aromatic N) is 3. The van der Waals surface area contributed by atoms with Crippen LogP contribution < -0.4 is 4.74 Å². The Balaban J connectivity index is 1.82. The number of hydrogen-bond acceptors (Lipinski definition) is 5. The molecule has 1 fully saturated rings. The molecule has 0 N–H and O–H groups in total. The van der Waals surface area contributed by atoms with Gasteiger partial charge in [0, 0.05) is 24.2 Å². The molecule has 0 saturated carbocycles. The van der Waals surface area contributed by atoms with E-state index in [2.05, 4.69) is 9.97 Å². The highest BCUT2D eigenvalue weighted by Crippen LogP contribution is 2.46. The normalized spacial score (nSPS) is 23.5. The SMILES string of the molecule is COc1ccccc1S(=O)(=O)N1C2CCC1c1cncnc1C2. The van der Waals surface area contributed by atoms with Crippen LogP contribution in [0.3, 0.4) is 0 Å². The lowest BCUT2D eigenvalue weighted by Crippen LogP contribution is -2.42. The lowest BCUT2D eigenvalue weighted by atomic mass is 10.0. The van der Waals surface area contributed by atoms with Crippen LogP contribution >= 0.6 is 0 Å². The summed E-state index contributed by atoms with van der Waals surface area (Å²) in [4.78, 5) is 8.63. The third-order valence-corrected chi connectivity index (χ3v) is 6.68. The molecule has 120 valence electrons. The minimum atomic E-state index is -3.63. The zero-order valence-corrected chi connectivity index (χ0v) is 13.5. The van der Waals surface area contributed by atoms with Crippen LogP contribution in [0, 0.1) is 0 Å². The minimum Gasteiger partial charge on any atom is -0.495 e. The second-order valence-corrected chi connectivity index (χ2v) is 7.67. The van der Waals surface area contributed by atoms with Gasteiger partial charge in [0.25, 0.3) is 0 Å². The molecule has 0 aliphatic carbocycles. The molecule has 23 heavy (non-hydrogen) atoms. The van der Waals surface area contributed by atoms with Gasteiger partial charge in [0.15, 0.2) is 0 Å². The molecule has 0 radical (unpaired) electrons. The highest BCUT2D eigenvalue weighted by molar-refractivity contribution is 7.89. The van der Waals surface area contributed by atoms with Crippen molar-refractivity contribution in [2.75, 3.05) is 7.11 Å². The fraction of sp³-hybridized carbons (Fsp3) is 0.375. The topological polar surface area (TPSA) is 72.4 Å². The lowest BCUT2D eigenvalue weighted by Gasteiger charge is -2.34. The first-order valence-corrected chi connectivity index (χ1v) is 9.02. The Labute approximate surface area is 135 Å². The summed E-state index contributed by atoms with van der Waals surface area (Å²) >= 11 is 0. The van der Waals surface area contributed by atoms with Gasteiger partial charge in [0.2, 0.25) is 10.0 Å². The summed E-state index contributed by atoms with van der Waals surface area (Å²) < 4.78 is 33.4. The Hall–Kier alpha value is -1.99. The van der Waals surface area contributed by atoms with Gasteiger partial charge in [-0.15, -0.1) is 0 Å². The second kappa shape index (κ2) is 5.28. The molecular formula is C16H17N3O3S. The van der Waals surface area contributed by atoms with Crippen molar-refractivity contribution in [3.63, 3.8) is 0 Å². The Bertz CT molecular complexity index is 853. The van der Waals surface area contributed by atoms with E-state index in [0.717, 1.165) is 24.1 Å². The summed E-state index contributed by atoms with van der Waals surface area (Å²) in [5.74, 6) is 0.377. The summed E-state index contributed by atoms with van der Waals surface area (Å²) in [7, 11) is -2.14. The van der Waals surface area contributed by atoms with Gasteiger partial charge in [-0.2, -0.15) is 4.31 Å². The maximum Gasteiger partial charge on any atom is 0.247 e. The van der Waals surface area contributed by atoms with Crippen molar-refractivity contribution in [2.45, 2.75) is 36.2 Å². The molecule has 1 saturated heterocycles. The van der Waals surface area contributed by atoms with E-state index in [1.54, 1.807) is 34.8 Å². The largest absolute Gasteiger partial charge is 0.495 e. The van der Waals surface area contributed by atoms with Crippen molar-refractivity contribution in [3.8, 4) is 5.75 Å². The maximum atomic E-state index is 13.2. The summed E-state index contributed by atoms with van der Waals surface area (Å²) in [6.07, 6.45) is 5.57. The van der Waals surface area contributed by atoms with E-state index in [9.17, 15) is 8.42 Å². The molecule has 2 aliphatic heterocycles. The average molecular weight is 331 g/mol. The molecule has 3 heterocycles. The van der Waals surface area contributed by atoms with Crippen LogP contribution in [-0.4, -0.2) is 35.8 Å². The van der Waals surface area contributed by atoms with Crippen molar-refractivity contribution in [3.05, 3.63) is 48.0 Å². The molecule has 2 aliphatic rings. The van der Waals surface area contributed by atoms with E-state index < -0.39 is 10.0 Å². The zero-order valence-electron chi connectivity index (χ0n) is 12.7. The van der Waals surface area contributed by atoms with E-state index in [1.165, 1.54) is 13.4 Å². The van der Waals surface area contributed by atoms with Crippen LogP contribution in [0.2, 0.25) is 0 Å². The number of sulfonamides is 1. The molecule has 6 nitrogen and oxygen atoms in total. The van der Waals surface area contributed by atoms with Gasteiger partial charge in [0.1, 0.15) is 17.0 Å². The quantitative estimate of drug-likeness (QED) is 0.859. The minimum absolute atomic E-state index is 0.0442. The van der Waals surface area contributed by atoms with Crippen LogP contribution in [0.25, 0.3) is 0 Å². The van der Waals surface area contributed by atoms with Crippen LogP contribution in [0.15, 0.2) is 41.7 Å². The van der Waals surface area contributed by atoms with Crippen LogP contribution in [0.4, 0.5) is 0 Å². The van der Waals surface area contributed by atoms with Crippen LogP contribution in [-0.2, 0) is 16.4 Å². The first-order chi connectivity index (χ1) is 11.1. The number of methoxy groups -OCH3 is 1. The van der Waals surface area contributed by atoms with Gasteiger partial charge in [-0.3, -0.25) is 0 Å². The number of aromatic nitrogens is 2. The van der Waals surface area contributed by atoms with E-state index in [4.69, 9.17) is 4.74 Å². The Morgan fingerprint density at radius 1 is 1.26 bits per heavy atom. The predicted molar refractivity (Wildman–Crippen MR) is 83.5 cm³/mol. The average Bonchev–Trinajstić information content (AvgIpc) is 2.91. The molecular weight excluding hydrogens is 314 g/mol. The molecule has 1 aromatic heterocycles. The van der Waals surface area contributed by atoms with Gasteiger partial charge in [-0.25, -0.2) is 18.4 Å². The highest BCUT2D eigenvalue weighted by Gasteiger charge is 2.47. The Morgan fingerprint density at radius 3 is 2.91 bits per heavy atom. The summed E-state index contributed by atoms with van der Waals surface area (Å²) in [6, 6.07) is 6.54. The first kappa shape index (κ1) is 14.6. The molecule has 1 aromatic carbocycles. The van der Waals surface area contributed by atoms with Crippen molar-refractivity contribution < 1.29 is 13.2 Å². The number of rotatable bonds is 3. The van der Waals surface area contributed by atoms with Gasteiger partial charge in [0.05, 0.1) is 18.8 Å². The molecule has 7 heteroatoms. The maximum absolute atomic E-state index is 13.2. The van der Waals surface area contributed by atoms with E-state index in [-0.39, 0.29) is 17.0 Å². The predicted octanol–water partition coefficient (Wildman–Crippen LogP) is 1.94. The Kier molecular flexibility index (Phi) is 3.35. The molecule has 0 amide bonds. The van der Waals surface area contributed by atoms with Gasteiger partial charge in [-0.05, 0) is 25.0 Å². The highest BCUT2D eigenvalue weighted by atomic mass is 32.2. The summed E-state index contributed by atoms with van der Waals surface area (Å²) in [5, 5.41) is 0. The number of benzene rings is 1. The van der Waals surface area contributed by atoms with Gasteiger partial charge >= 0.3 is 0 Å². The fourth-order valence-electron chi connectivity index (χ4n) is 3.69. The number of ether oxygens (including phenoxy) is 1. The van der Waals surface area contributed by atoms with Crippen molar-refractivity contribution in [2.24, 2.45) is 0 Å². The fourth-order valence-corrected chi connectivity index (χ4v) is 5.70. The molecule has 2 aromatic rings. The molecule has 2 bridgehead atoms. The molecule has 0 spiro atoms. The van der Waals surface area contributed by atoms with E-state index >= 15 is 0 Å². The van der Waals surface area contributed by atoms with Crippen LogP contribution in [0.1, 0.15) is 30.1 Å². The number of fused-ring (bicyclic) bond motifs is 4. The van der Waals surface area contributed by atoms with Crippen LogP contribution in [0.5, 0.6) is 5.75 Å². The third kappa shape index (κ3) is 2.14. The Morgan fingerprint density at radius 2 is 2.09 bits per heavy atom. The summed E-state index contributed by atoms with van der Waals surface area (Å²) in [6.45, 7) is 0. The van der Waals surface area contributed by atoms with Crippen molar-refractivity contribution >= 4 is 10.0 Å². The lowest BCUT2D eigenvalue weighted by molar-refractivity contribution is 0.298. The standard InChI is InChI=1S/C16H17N3O3S/c1-22-15-4-2-3-5-16(15)23(20,21)19-11-6-7-14(19)12-9-17-10-18-13(12)8-11/h2-5,9-11,14H,6-8H2,1H3. The molecule has 2 unspecified atom stereocenters. The molecule has 4 rings (SSSR count). The second-order valence-electron chi connectivity index (χ2n) is 5.86. The smallest absolute Gasteiger partial charge is 0.247 e. The van der Waals surface area contributed by atoms with Gasteiger partial charge < -0.3 is 4.74 Å². The molecule has 2 atom stereocenters. The number of para-hydroxylation sites is 1. The van der Waals surface area contributed by atoms with Gasteiger partial charge in [-0.1, -0.05) is 12.1 Å². The first-order valence-electron chi connectivity index (χ1n) is 7.58. The van der Waals surface area contributed by atoms with E-state index in [1.807, 2.05) is 0 Å². The van der Waals surface area contributed by atoms with Crippen molar-refractivity contribution in [1.29, 1.82) is 0 Å². The monoisotopic (exact) mass is 331 g/mol. The van der Waals surface area contributed by atoms with E-state index in [0.29, 0.717) is 12.2 Å².